The molecule has 0 atom stereocenters. The normalized spacial score (nSPS) is 14.6. The lowest BCUT2D eigenvalue weighted by molar-refractivity contribution is 0.0955. The molecule has 0 spiro atoms. The van der Waals surface area contributed by atoms with Crippen molar-refractivity contribution in [2.24, 2.45) is 0 Å². The van der Waals surface area contributed by atoms with Crippen molar-refractivity contribution in [1.82, 2.24) is 4.90 Å². The first kappa shape index (κ1) is 23.6. The zero-order valence-corrected chi connectivity index (χ0v) is 19.4. The van der Waals surface area contributed by atoms with E-state index < -0.39 is 0 Å². The summed E-state index contributed by atoms with van der Waals surface area (Å²) >= 11 is 0. The molecule has 4 rings (SSSR count). The van der Waals surface area contributed by atoms with E-state index in [1.807, 2.05) is 24.3 Å². The summed E-state index contributed by atoms with van der Waals surface area (Å²) in [6.45, 7) is 2.32. The fourth-order valence-corrected chi connectivity index (χ4v) is 4.46. The summed E-state index contributed by atoms with van der Waals surface area (Å²) in [5.41, 5.74) is 2.19. The van der Waals surface area contributed by atoms with Gasteiger partial charge in [-0.1, -0.05) is 18.2 Å². The highest BCUT2D eigenvalue weighted by molar-refractivity contribution is 6.08. The average molecular weight is 465 g/mol. The number of piperidine rings is 1. The number of halogens is 1. The maximum Gasteiger partial charge on any atom is 0.262 e. The zero-order valence-electron chi connectivity index (χ0n) is 19.4. The number of benzene rings is 3. The van der Waals surface area contributed by atoms with Crippen LogP contribution in [0, 0.1) is 5.82 Å². The summed E-state index contributed by atoms with van der Waals surface area (Å²) in [4.78, 5) is 17.8. The van der Waals surface area contributed by atoms with Crippen LogP contribution in [0.1, 0.15) is 28.8 Å². The number of rotatable bonds is 7. The lowest BCUT2D eigenvalue weighted by Gasteiger charge is -2.39. The van der Waals surface area contributed by atoms with Gasteiger partial charge in [-0.2, -0.15) is 0 Å². The number of hydrogen-bond acceptors (Lipinski definition) is 5. The smallest absolute Gasteiger partial charge is 0.262 e. The molecule has 1 N–H and O–H groups in total. The van der Waals surface area contributed by atoms with Gasteiger partial charge in [0.25, 0.3) is 5.91 Å². The number of hydrogen-bond donors (Lipinski definition) is 1. The van der Waals surface area contributed by atoms with Crippen molar-refractivity contribution < 1.29 is 23.8 Å². The molecule has 178 valence electrons. The summed E-state index contributed by atoms with van der Waals surface area (Å²) in [7, 11) is 3.08. The Morgan fingerprint density at radius 3 is 2.35 bits per heavy atom. The molecule has 1 aliphatic rings. The second-order valence-corrected chi connectivity index (χ2v) is 8.37. The van der Waals surface area contributed by atoms with E-state index in [9.17, 15) is 14.3 Å². The van der Waals surface area contributed by atoms with Crippen LogP contribution in [0.25, 0.3) is 0 Å². The Hall–Kier alpha value is -3.58. The highest BCUT2D eigenvalue weighted by atomic mass is 19.1. The quantitative estimate of drug-likeness (QED) is 0.541. The lowest BCUT2D eigenvalue weighted by Crippen LogP contribution is -2.47. The number of ether oxygens (including phenoxy) is 2. The SMILES string of the molecule is COc1cc(CN2CCC(N(C(=O)c3ccccc3OC)c3ccc(F)cc3)CC2)ccc1O. The molecule has 1 saturated heterocycles. The van der Waals surface area contributed by atoms with Gasteiger partial charge in [-0.3, -0.25) is 9.69 Å². The molecule has 0 radical (unpaired) electrons. The summed E-state index contributed by atoms with van der Waals surface area (Å²) < 4.78 is 24.3. The first-order valence-electron chi connectivity index (χ1n) is 11.3. The van der Waals surface area contributed by atoms with Crippen molar-refractivity contribution in [1.29, 1.82) is 0 Å². The minimum absolute atomic E-state index is 0.0338. The highest BCUT2D eigenvalue weighted by Gasteiger charge is 2.31. The number of carbonyl (C=O) groups excluding carboxylic acids is 1. The Kier molecular flexibility index (Phi) is 7.33. The van der Waals surface area contributed by atoms with E-state index in [0.717, 1.165) is 38.0 Å². The number of phenolic OH excluding ortho intramolecular Hbond substituents is 1. The van der Waals surface area contributed by atoms with Crippen LogP contribution in [0.2, 0.25) is 0 Å². The van der Waals surface area contributed by atoms with E-state index >= 15 is 0 Å². The summed E-state index contributed by atoms with van der Waals surface area (Å²) in [5.74, 6) is 0.587. The number of aromatic hydroxyl groups is 1. The molecule has 1 heterocycles. The van der Waals surface area contributed by atoms with E-state index in [1.54, 1.807) is 42.3 Å². The molecular weight excluding hydrogens is 435 g/mol. The van der Waals surface area contributed by atoms with Gasteiger partial charge in [0.1, 0.15) is 11.6 Å². The van der Waals surface area contributed by atoms with Crippen LogP contribution in [0.5, 0.6) is 17.2 Å². The van der Waals surface area contributed by atoms with Crippen LogP contribution >= 0.6 is 0 Å². The molecule has 1 amide bonds. The van der Waals surface area contributed by atoms with Crippen LogP contribution in [0.4, 0.5) is 10.1 Å². The van der Waals surface area contributed by atoms with Crippen LogP contribution in [-0.4, -0.2) is 49.3 Å². The summed E-state index contributed by atoms with van der Waals surface area (Å²) in [6.07, 6.45) is 1.54. The third-order valence-electron chi connectivity index (χ3n) is 6.23. The molecule has 0 unspecified atom stereocenters. The van der Waals surface area contributed by atoms with E-state index in [1.165, 1.54) is 19.2 Å². The van der Waals surface area contributed by atoms with Gasteiger partial charge in [0.2, 0.25) is 0 Å². The van der Waals surface area contributed by atoms with Gasteiger partial charge < -0.3 is 19.5 Å². The third-order valence-corrected chi connectivity index (χ3v) is 6.23. The Morgan fingerprint density at radius 1 is 1.00 bits per heavy atom. The van der Waals surface area contributed by atoms with Gasteiger partial charge in [-0.05, 0) is 66.9 Å². The van der Waals surface area contributed by atoms with Gasteiger partial charge in [0.05, 0.1) is 19.8 Å². The van der Waals surface area contributed by atoms with Crippen molar-refractivity contribution in [3.05, 3.63) is 83.7 Å². The van der Waals surface area contributed by atoms with E-state index in [-0.39, 0.29) is 23.5 Å². The standard InChI is InChI=1S/C27H29FN2O4/c1-33-25-6-4-3-5-23(25)27(32)30(21-10-8-20(28)9-11-21)22-13-15-29(16-14-22)18-19-7-12-24(31)26(17-19)34-2/h3-12,17,22,31H,13-16,18H2,1-2H3. The van der Waals surface area contributed by atoms with E-state index in [4.69, 9.17) is 9.47 Å². The number of amides is 1. The Bertz CT molecular complexity index is 1130. The zero-order chi connectivity index (χ0) is 24.1. The largest absolute Gasteiger partial charge is 0.504 e. The predicted molar refractivity (Wildman–Crippen MR) is 129 cm³/mol. The summed E-state index contributed by atoms with van der Waals surface area (Å²) in [6, 6.07) is 18.6. The maximum atomic E-state index is 13.7. The monoisotopic (exact) mass is 464 g/mol. The summed E-state index contributed by atoms with van der Waals surface area (Å²) in [5, 5.41) is 9.84. The Balaban J connectivity index is 1.53. The average Bonchev–Trinajstić information content (AvgIpc) is 2.87. The first-order chi connectivity index (χ1) is 16.5. The van der Waals surface area contributed by atoms with Crippen LogP contribution in [-0.2, 0) is 6.54 Å². The second kappa shape index (κ2) is 10.6. The molecule has 0 saturated carbocycles. The molecule has 3 aromatic rings. The maximum absolute atomic E-state index is 13.7. The number of nitrogens with zero attached hydrogens (tertiary/aromatic N) is 2. The topological polar surface area (TPSA) is 62.2 Å². The fourth-order valence-electron chi connectivity index (χ4n) is 4.46. The van der Waals surface area contributed by atoms with Gasteiger partial charge in [-0.25, -0.2) is 4.39 Å². The minimum Gasteiger partial charge on any atom is -0.504 e. The van der Waals surface area contributed by atoms with Crippen molar-refractivity contribution in [2.75, 3.05) is 32.2 Å². The highest BCUT2D eigenvalue weighted by Crippen LogP contribution is 2.31. The van der Waals surface area contributed by atoms with Gasteiger partial charge >= 0.3 is 0 Å². The van der Waals surface area contributed by atoms with Crippen molar-refractivity contribution >= 4 is 11.6 Å². The molecule has 0 aliphatic carbocycles. The minimum atomic E-state index is -0.340. The van der Waals surface area contributed by atoms with Crippen molar-refractivity contribution in [3.63, 3.8) is 0 Å². The van der Waals surface area contributed by atoms with Crippen LogP contribution in [0.3, 0.4) is 0 Å². The number of carbonyl (C=O) groups is 1. The predicted octanol–water partition coefficient (Wildman–Crippen LogP) is 4.86. The molecule has 7 heteroatoms. The Morgan fingerprint density at radius 2 is 1.68 bits per heavy atom. The number of likely N-dealkylation sites (tertiary alicyclic amines) is 1. The second-order valence-electron chi connectivity index (χ2n) is 8.37. The molecule has 6 nitrogen and oxygen atoms in total. The van der Waals surface area contributed by atoms with Gasteiger partial charge in [0.15, 0.2) is 11.5 Å². The lowest BCUT2D eigenvalue weighted by atomic mass is 10.00. The molecular formula is C27H29FN2O4. The van der Waals surface area contributed by atoms with Gasteiger partial charge in [-0.15, -0.1) is 0 Å². The third kappa shape index (κ3) is 5.15. The van der Waals surface area contributed by atoms with Gasteiger partial charge in [0, 0.05) is 31.4 Å². The first-order valence-corrected chi connectivity index (χ1v) is 11.3. The number of para-hydroxylation sites is 1. The number of anilines is 1. The molecule has 1 fully saturated rings. The van der Waals surface area contributed by atoms with Crippen LogP contribution < -0.4 is 14.4 Å². The molecule has 3 aromatic carbocycles. The van der Waals surface area contributed by atoms with Crippen molar-refractivity contribution in [2.45, 2.75) is 25.4 Å². The molecule has 0 aromatic heterocycles. The molecule has 34 heavy (non-hydrogen) atoms. The molecule has 1 aliphatic heterocycles. The number of phenols is 1. The van der Waals surface area contributed by atoms with E-state index in [0.29, 0.717) is 22.7 Å². The molecule has 0 bridgehead atoms. The van der Waals surface area contributed by atoms with Crippen LogP contribution in [0.15, 0.2) is 66.7 Å². The Labute approximate surface area is 199 Å². The fraction of sp³-hybridized carbons (Fsp3) is 0.296. The number of methoxy groups -OCH3 is 2. The van der Waals surface area contributed by atoms with Crippen molar-refractivity contribution in [3.8, 4) is 17.2 Å². The van der Waals surface area contributed by atoms with E-state index in [2.05, 4.69) is 4.90 Å².